The maximum absolute atomic E-state index is 5.22. The van der Waals surface area contributed by atoms with Crippen molar-refractivity contribution >= 4 is 15.9 Å². The van der Waals surface area contributed by atoms with Crippen LogP contribution in [0.25, 0.3) is 0 Å². The van der Waals surface area contributed by atoms with E-state index in [0.29, 0.717) is 11.8 Å². The molecule has 0 aliphatic heterocycles. The van der Waals surface area contributed by atoms with E-state index in [9.17, 15) is 0 Å². The molecule has 1 aromatic rings. The van der Waals surface area contributed by atoms with Crippen LogP contribution in [0.4, 0.5) is 0 Å². The summed E-state index contributed by atoms with van der Waals surface area (Å²) in [5, 5.41) is 3.55. The highest BCUT2D eigenvalue weighted by Crippen LogP contribution is 2.28. The van der Waals surface area contributed by atoms with Gasteiger partial charge in [-0.1, -0.05) is 41.9 Å². The van der Waals surface area contributed by atoms with Crippen LogP contribution < -0.4 is 5.32 Å². The summed E-state index contributed by atoms with van der Waals surface area (Å²) in [5.41, 5.74) is 1.40. The van der Waals surface area contributed by atoms with Gasteiger partial charge in [-0.25, -0.2) is 0 Å². The highest BCUT2D eigenvalue weighted by molar-refractivity contribution is 9.10. The maximum Gasteiger partial charge on any atom is 0.0465 e. The van der Waals surface area contributed by atoms with Gasteiger partial charge in [0.15, 0.2) is 0 Å². The topological polar surface area (TPSA) is 21.3 Å². The van der Waals surface area contributed by atoms with E-state index in [4.69, 9.17) is 4.74 Å². The van der Waals surface area contributed by atoms with Gasteiger partial charge in [0.05, 0.1) is 0 Å². The molecule has 0 fully saturated rings. The van der Waals surface area contributed by atoms with E-state index in [1.165, 1.54) is 12.0 Å². The minimum Gasteiger partial charge on any atom is -0.385 e. The largest absolute Gasteiger partial charge is 0.385 e. The first-order chi connectivity index (χ1) is 9.19. The molecule has 1 aromatic carbocycles. The molecule has 0 bridgehead atoms. The normalized spacial score (nSPS) is 14.3. The Bertz CT molecular complexity index is 356. The van der Waals surface area contributed by atoms with E-state index in [1.54, 1.807) is 7.11 Å². The molecule has 0 aliphatic rings. The zero-order valence-electron chi connectivity index (χ0n) is 12.3. The quantitative estimate of drug-likeness (QED) is 0.686. The molecule has 0 saturated carbocycles. The van der Waals surface area contributed by atoms with Crippen molar-refractivity contribution in [1.82, 2.24) is 5.32 Å². The average Bonchev–Trinajstić information content (AvgIpc) is 2.41. The van der Waals surface area contributed by atoms with Crippen LogP contribution >= 0.6 is 15.9 Å². The number of ether oxygens (including phenoxy) is 1. The van der Waals surface area contributed by atoms with E-state index in [1.807, 2.05) is 0 Å². The van der Waals surface area contributed by atoms with E-state index in [-0.39, 0.29) is 0 Å². The first-order valence-corrected chi connectivity index (χ1v) is 7.93. The Morgan fingerprint density at radius 3 is 2.79 bits per heavy atom. The molecule has 0 heterocycles. The zero-order valence-corrected chi connectivity index (χ0v) is 13.9. The lowest BCUT2D eigenvalue weighted by atomic mass is 9.85. The van der Waals surface area contributed by atoms with E-state index in [2.05, 4.69) is 59.4 Å². The van der Waals surface area contributed by atoms with E-state index >= 15 is 0 Å². The molecule has 0 radical (unpaired) electrons. The number of halogens is 1. The highest BCUT2D eigenvalue weighted by atomic mass is 79.9. The summed E-state index contributed by atoms with van der Waals surface area (Å²) in [6.07, 6.45) is 2.28. The maximum atomic E-state index is 5.22. The van der Waals surface area contributed by atoms with Gasteiger partial charge in [0.1, 0.15) is 0 Å². The Labute approximate surface area is 126 Å². The first kappa shape index (κ1) is 16.7. The number of methoxy groups -OCH3 is 1. The summed E-state index contributed by atoms with van der Waals surface area (Å²) < 4.78 is 6.38. The molecule has 0 saturated heterocycles. The van der Waals surface area contributed by atoms with Gasteiger partial charge in [-0.2, -0.15) is 0 Å². The van der Waals surface area contributed by atoms with Crippen molar-refractivity contribution in [2.75, 3.05) is 26.8 Å². The number of rotatable bonds is 9. The SMILES string of the molecule is CCCNCC(c1cccc(Br)c1)C(C)CCOC. The highest BCUT2D eigenvalue weighted by Gasteiger charge is 2.19. The summed E-state index contributed by atoms with van der Waals surface area (Å²) in [7, 11) is 1.77. The second-order valence-electron chi connectivity index (χ2n) is 5.12. The minimum absolute atomic E-state index is 0.541. The molecule has 1 N–H and O–H groups in total. The fourth-order valence-electron chi connectivity index (χ4n) is 2.32. The van der Waals surface area contributed by atoms with E-state index < -0.39 is 0 Å². The van der Waals surface area contributed by atoms with Crippen molar-refractivity contribution < 1.29 is 4.74 Å². The van der Waals surface area contributed by atoms with Gasteiger partial charge >= 0.3 is 0 Å². The van der Waals surface area contributed by atoms with Gasteiger partial charge in [0, 0.05) is 24.7 Å². The predicted molar refractivity (Wildman–Crippen MR) is 85.7 cm³/mol. The Hall–Kier alpha value is -0.380. The molecule has 108 valence electrons. The summed E-state index contributed by atoms with van der Waals surface area (Å²) in [6, 6.07) is 8.67. The third kappa shape index (κ3) is 6.07. The molecule has 1 rings (SSSR count). The summed E-state index contributed by atoms with van der Waals surface area (Å²) in [5.74, 6) is 1.15. The monoisotopic (exact) mass is 327 g/mol. The lowest BCUT2D eigenvalue weighted by Crippen LogP contribution is -2.27. The number of hydrogen-bond donors (Lipinski definition) is 1. The second-order valence-corrected chi connectivity index (χ2v) is 6.04. The van der Waals surface area contributed by atoms with Crippen LogP contribution in [0.1, 0.15) is 38.2 Å². The summed E-state index contributed by atoms with van der Waals surface area (Å²) in [4.78, 5) is 0. The number of nitrogens with one attached hydrogen (secondary N) is 1. The molecule has 0 aromatic heterocycles. The van der Waals surface area contributed by atoms with Crippen molar-refractivity contribution in [2.45, 2.75) is 32.6 Å². The number of benzene rings is 1. The van der Waals surface area contributed by atoms with Crippen molar-refractivity contribution in [3.8, 4) is 0 Å². The molecule has 3 heteroatoms. The molecule has 2 unspecified atom stereocenters. The number of hydrogen-bond acceptors (Lipinski definition) is 2. The Kier molecular flexibility index (Phi) is 8.35. The molecule has 2 nitrogen and oxygen atoms in total. The van der Waals surface area contributed by atoms with Gasteiger partial charge in [0.2, 0.25) is 0 Å². The van der Waals surface area contributed by atoms with Crippen molar-refractivity contribution in [2.24, 2.45) is 5.92 Å². The van der Waals surface area contributed by atoms with Gasteiger partial charge in [-0.3, -0.25) is 0 Å². The lowest BCUT2D eigenvalue weighted by Gasteiger charge is -2.25. The Balaban J connectivity index is 2.72. The van der Waals surface area contributed by atoms with Crippen molar-refractivity contribution in [1.29, 1.82) is 0 Å². The van der Waals surface area contributed by atoms with Gasteiger partial charge < -0.3 is 10.1 Å². The second kappa shape index (κ2) is 9.51. The smallest absolute Gasteiger partial charge is 0.0465 e. The van der Waals surface area contributed by atoms with Crippen LogP contribution in [0.5, 0.6) is 0 Å². The third-order valence-electron chi connectivity index (χ3n) is 3.53. The molecule has 0 amide bonds. The fourth-order valence-corrected chi connectivity index (χ4v) is 2.74. The summed E-state index contributed by atoms with van der Waals surface area (Å²) in [6.45, 7) is 7.48. The van der Waals surface area contributed by atoms with Crippen LogP contribution in [0.3, 0.4) is 0 Å². The average molecular weight is 328 g/mol. The molecular formula is C16H26BrNO. The van der Waals surface area contributed by atoms with Crippen molar-refractivity contribution in [3.63, 3.8) is 0 Å². The molecule has 0 spiro atoms. The first-order valence-electron chi connectivity index (χ1n) is 7.14. The lowest BCUT2D eigenvalue weighted by molar-refractivity contribution is 0.174. The minimum atomic E-state index is 0.541. The van der Waals surface area contributed by atoms with Crippen molar-refractivity contribution in [3.05, 3.63) is 34.3 Å². The van der Waals surface area contributed by atoms with Crippen LogP contribution in [0, 0.1) is 5.92 Å². The Morgan fingerprint density at radius 2 is 2.16 bits per heavy atom. The molecule has 2 atom stereocenters. The van der Waals surface area contributed by atoms with Crippen LogP contribution in [0.2, 0.25) is 0 Å². The molecular weight excluding hydrogens is 302 g/mol. The van der Waals surface area contributed by atoms with Gasteiger partial charge in [0.25, 0.3) is 0 Å². The van der Waals surface area contributed by atoms with Crippen LogP contribution in [0.15, 0.2) is 28.7 Å². The van der Waals surface area contributed by atoms with E-state index in [0.717, 1.165) is 30.6 Å². The third-order valence-corrected chi connectivity index (χ3v) is 4.03. The standard InChI is InChI=1S/C16H26BrNO/c1-4-9-18-12-16(13(2)8-10-19-3)14-6-5-7-15(17)11-14/h5-7,11,13,16,18H,4,8-10,12H2,1-3H3. The van der Waals surface area contributed by atoms with Gasteiger partial charge in [-0.05, 0) is 48.9 Å². The zero-order chi connectivity index (χ0) is 14.1. The van der Waals surface area contributed by atoms with Crippen LogP contribution in [-0.2, 0) is 4.74 Å². The Morgan fingerprint density at radius 1 is 1.37 bits per heavy atom. The molecule has 19 heavy (non-hydrogen) atoms. The summed E-state index contributed by atoms with van der Waals surface area (Å²) >= 11 is 3.57. The van der Waals surface area contributed by atoms with Crippen LogP contribution in [-0.4, -0.2) is 26.8 Å². The predicted octanol–water partition coefficient (Wildman–Crippen LogP) is 4.20. The molecule has 0 aliphatic carbocycles. The fraction of sp³-hybridized carbons (Fsp3) is 0.625. The van der Waals surface area contributed by atoms with Gasteiger partial charge in [-0.15, -0.1) is 0 Å².